The lowest BCUT2D eigenvalue weighted by molar-refractivity contribution is 0.0926. The van der Waals surface area contributed by atoms with Gasteiger partial charge in [-0.2, -0.15) is 0 Å². The molecule has 0 bridgehead atoms. The number of imidazole rings is 1. The van der Waals surface area contributed by atoms with Gasteiger partial charge in [-0.1, -0.05) is 20.8 Å². The smallest absolute Gasteiger partial charge is 0.198 e. The molecule has 1 heterocycles. The normalized spacial score (nSPS) is 11.7. The van der Waals surface area contributed by atoms with Crippen LogP contribution in [0.1, 0.15) is 37.8 Å². The quantitative estimate of drug-likeness (QED) is 0.653. The third-order valence-corrected chi connectivity index (χ3v) is 1.76. The van der Waals surface area contributed by atoms with Crippen molar-refractivity contribution in [1.29, 1.82) is 0 Å². The summed E-state index contributed by atoms with van der Waals surface area (Å²) in [6.45, 7) is 6.15. The number of hydrogen-bond acceptors (Lipinski definition) is 2. The van der Waals surface area contributed by atoms with E-state index in [1.165, 1.54) is 0 Å². The van der Waals surface area contributed by atoms with Crippen molar-refractivity contribution >= 4 is 5.78 Å². The lowest BCUT2D eigenvalue weighted by Crippen LogP contribution is -2.16. The molecule has 3 heteroatoms. The average molecular weight is 180 g/mol. The van der Waals surface area contributed by atoms with Gasteiger partial charge in [0.05, 0.1) is 0 Å². The van der Waals surface area contributed by atoms with Crippen molar-refractivity contribution in [3.8, 4) is 0 Å². The molecule has 1 rings (SSSR count). The summed E-state index contributed by atoms with van der Waals surface area (Å²) >= 11 is 0. The topological polar surface area (TPSA) is 34.9 Å². The van der Waals surface area contributed by atoms with Crippen LogP contribution in [0.5, 0.6) is 0 Å². The van der Waals surface area contributed by atoms with E-state index in [0.717, 1.165) is 0 Å². The van der Waals surface area contributed by atoms with E-state index in [4.69, 9.17) is 0 Å². The molecule has 1 aromatic heterocycles. The first-order valence-electron chi connectivity index (χ1n) is 4.41. The first-order chi connectivity index (χ1) is 5.90. The first kappa shape index (κ1) is 9.96. The van der Waals surface area contributed by atoms with E-state index in [2.05, 4.69) is 4.98 Å². The second-order valence-corrected chi connectivity index (χ2v) is 4.52. The monoisotopic (exact) mass is 180 g/mol. The van der Waals surface area contributed by atoms with E-state index in [0.29, 0.717) is 12.2 Å². The molecule has 72 valence electrons. The highest BCUT2D eigenvalue weighted by Gasteiger charge is 2.19. The molecule has 0 fully saturated rings. The van der Waals surface area contributed by atoms with E-state index in [9.17, 15) is 4.79 Å². The van der Waals surface area contributed by atoms with Gasteiger partial charge in [0, 0.05) is 25.9 Å². The predicted molar refractivity (Wildman–Crippen MR) is 51.6 cm³/mol. The fourth-order valence-corrected chi connectivity index (χ4v) is 1.20. The Bertz CT molecular complexity index is 307. The summed E-state index contributed by atoms with van der Waals surface area (Å²) in [6.07, 6.45) is 3.98. The maximum atomic E-state index is 11.7. The highest BCUT2D eigenvalue weighted by Crippen LogP contribution is 2.20. The average Bonchev–Trinajstić information content (AvgIpc) is 2.30. The number of rotatable bonds is 2. The number of hydrogen-bond donors (Lipinski definition) is 0. The molecule has 13 heavy (non-hydrogen) atoms. The molecule has 0 radical (unpaired) electrons. The third kappa shape index (κ3) is 2.68. The summed E-state index contributed by atoms with van der Waals surface area (Å²) < 4.78 is 1.76. The van der Waals surface area contributed by atoms with Gasteiger partial charge >= 0.3 is 0 Å². The lowest BCUT2D eigenvalue weighted by Gasteiger charge is -2.16. The van der Waals surface area contributed by atoms with Crippen LogP contribution in [0.2, 0.25) is 0 Å². The largest absolute Gasteiger partial charge is 0.332 e. The van der Waals surface area contributed by atoms with Crippen molar-refractivity contribution in [2.45, 2.75) is 27.2 Å². The van der Waals surface area contributed by atoms with Crippen molar-refractivity contribution in [1.82, 2.24) is 9.55 Å². The zero-order valence-electron chi connectivity index (χ0n) is 8.66. The molecule has 0 saturated heterocycles. The van der Waals surface area contributed by atoms with Crippen molar-refractivity contribution in [2.24, 2.45) is 12.5 Å². The van der Waals surface area contributed by atoms with Crippen molar-refractivity contribution < 1.29 is 4.79 Å². The molecule has 0 amide bonds. The van der Waals surface area contributed by atoms with Crippen LogP contribution in [-0.2, 0) is 7.05 Å². The molecule has 3 nitrogen and oxygen atoms in total. The van der Waals surface area contributed by atoms with Gasteiger partial charge in [-0.25, -0.2) is 4.98 Å². The Hall–Kier alpha value is -1.12. The minimum Gasteiger partial charge on any atom is -0.332 e. The minimum atomic E-state index is 0.0308. The number of ketones is 1. The van der Waals surface area contributed by atoms with Crippen LogP contribution in [0.15, 0.2) is 12.4 Å². The predicted octanol–water partition coefficient (Wildman–Crippen LogP) is 2.04. The van der Waals surface area contributed by atoms with E-state index >= 15 is 0 Å². The lowest BCUT2D eigenvalue weighted by atomic mass is 9.90. The van der Waals surface area contributed by atoms with Gasteiger partial charge in [-0.15, -0.1) is 0 Å². The van der Waals surface area contributed by atoms with Gasteiger partial charge in [0.1, 0.15) is 0 Å². The maximum absolute atomic E-state index is 11.7. The van der Waals surface area contributed by atoms with E-state index in [1.54, 1.807) is 17.0 Å². The van der Waals surface area contributed by atoms with Crippen LogP contribution in [-0.4, -0.2) is 15.3 Å². The van der Waals surface area contributed by atoms with Crippen LogP contribution in [0.3, 0.4) is 0 Å². The molecule has 0 saturated carbocycles. The van der Waals surface area contributed by atoms with Gasteiger partial charge in [-0.3, -0.25) is 4.79 Å². The Labute approximate surface area is 78.8 Å². The third-order valence-electron chi connectivity index (χ3n) is 1.76. The van der Waals surface area contributed by atoms with E-state index in [-0.39, 0.29) is 11.2 Å². The minimum absolute atomic E-state index is 0.0308. The summed E-state index contributed by atoms with van der Waals surface area (Å²) in [5, 5.41) is 0. The Balaban J connectivity index is 2.76. The number of Topliss-reactive ketones (excluding diaryl/α,β-unsaturated/α-hetero) is 1. The molecule has 0 aliphatic carbocycles. The highest BCUT2D eigenvalue weighted by atomic mass is 16.1. The number of nitrogens with zero attached hydrogens (tertiary/aromatic N) is 2. The van der Waals surface area contributed by atoms with Gasteiger partial charge < -0.3 is 4.57 Å². The summed E-state index contributed by atoms with van der Waals surface area (Å²) in [6, 6.07) is 0. The molecule has 0 aliphatic rings. The Kier molecular flexibility index (Phi) is 2.55. The Morgan fingerprint density at radius 1 is 1.54 bits per heavy atom. The molecule has 0 aliphatic heterocycles. The van der Waals surface area contributed by atoms with Gasteiger partial charge in [0.15, 0.2) is 11.6 Å². The van der Waals surface area contributed by atoms with Crippen molar-refractivity contribution in [3.63, 3.8) is 0 Å². The zero-order valence-corrected chi connectivity index (χ0v) is 8.66. The second kappa shape index (κ2) is 3.32. The molecule has 0 spiro atoms. The molecule has 1 aromatic rings. The van der Waals surface area contributed by atoms with Crippen LogP contribution < -0.4 is 0 Å². The van der Waals surface area contributed by atoms with E-state index in [1.807, 2.05) is 27.8 Å². The summed E-state index contributed by atoms with van der Waals surface area (Å²) in [7, 11) is 1.84. The first-order valence-corrected chi connectivity index (χ1v) is 4.41. The Morgan fingerprint density at radius 2 is 2.15 bits per heavy atom. The van der Waals surface area contributed by atoms with Gasteiger partial charge in [0.2, 0.25) is 0 Å². The second-order valence-electron chi connectivity index (χ2n) is 4.52. The molecular formula is C10H16N2O. The van der Waals surface area contributed by atoms with Crippen LogP contribution in [0.4, 0.5) is 0 Å². The van der Waals surface area contributed by atoms with Crippen LogP contribution in [0, 0.1) is 5.41 Å². The van der Waals surface area contributed by atoms with Crippen LogP contribution >= 0.6 is 0 Å². The van der Waals surface area contributed by atoms with Crippen molar-refractivity contribution in [2.75, 3.05) is 0 Å². The molecule has 0 atom stereocenters. The Morgan fingerprint density at radius 3 is 2.54 bits per heavy atom. The number of aromatic nitrogens is 2. The molecular weight excluding hydrogens is 164 g/mol. The van der Waals surface area contributed by atoms with Gasteiger partial charge in [0.25, 0.3) is 0 Å². The SMILES string of the molecule is Cn1ccnc1C(=O)CC(C)(C)C. The number of aryl methyl sites for hydroxylation is 1. The standard InChI is InChI=1S/C10H16N2O/c1-10(2,3)7-8(13)9-11-5-6-12(9)4/h5-6H,7H2,1-4H3. The molecule has 0 N–H and O–H groups in total. The summed E-state index contributed by atoms with van der Waals surface area (Å²) in [4.78, 5) is 15.7. The van der Waals surface area contributed by atoms with E-state index < -0.39 is 0 Å². The number of carbonyl (C=O) groups excluding carboxylic acids is 1. The zero-order chi connectivity index (χ0) is 10.1. The van der Waals surface area contributed by atoms with Crippen molar-refractivity contribution in [3.05, 3.63) is 18.2 Å². The summed E-state index contributed by atoms with van der Waals surface area (Å²) in [5.74, 6) is 0.662. The summed E-state index contributed by atoms with van der Waals surface area (Å²) in [5.41, 5.74) is 0.0308. The molecule has 0 aromatic carbocycles. The highest BCUT2D eigenvalue weighted by molar-refractivity contribution is 5.93. The number of carbonyl (C=O) groups is 1. The maximum Gasteiger partial charge on any atom is 0.198 e. The van der Waals surface area contributed by atoms with Crippen LogP contribution in [0.25, 0.3) is 0 Å². The fourth-order valence-electron chi connectivity index (χ4n) is 1.20. The van der Waals surface area contributed by atoms with Gasteiger partial charge in [-0.05, 0) is 5.41 Å². The fraction of sp³-hybridized carbons (Fsp3) is 0.600. The molecule has 0 unspecified atom stereocenters.